The van der Waals surface area contributed by atoms with Crippen molar-refractivity contribution in [3.63, 3.8) is 0 Å². The zero-order valence-electron chi connectivity index (χ0n) is 10.5. The van der Waals surface area contributed by atoms with E-state index in [0.717, 1.165) is 0 Å². The molecule has 0 aliphatic carbocycles. The van der Waals surface area contributed by atoms with Crippen molar-refractivity contribution >= 4 is 5.97 Å². The van der Waals surface area contributed by atoms with Crippen LogP contribution in [0.25, 0.3) is 0 Å². The van der Waals surface area contributed by atoms with Gasteiger partial charge < -0.3 is 40.7 Å². The van der Waals surface area contributed by atoms with Crippen molar-refractivity contribution in [3.05, 3.63) is 0 Å². The van der Waals surface area contributed by atoms with Gasteiger partial charge in [-0.3, -0.25) is 0 Å². The second-order valence-corrected chi connectivity index (χ2v) is 3.10. The average Bonchev–Trinajstić information content (AvgIpc) is 1.52. The largest absolute Gasteiger partial charge is 3.00 e. The van der Waals surface area contributed by atoms with Gasteiger partial charge >= 0.3 is 16.8 Å². The minimum atomic E-state index is -4.94. The van der Waals surface area contributed by atoms with E-state index in [4.69, 9.17) is 18.6 Å². The molecule has 0 aromatic heterocycles. The molecule has 0 heterocycles. The van der Waals surface area contributed by atoms with Crippen LogP contribution in [0.3, 0.4) is 0 Å². The van der Waals surface area contributed by atoms with E-state index in [1.54, 1.807) is 0 Å². The number of rotatable bonds is 2. The van der Waals surface area contributed by atoms with Crippen molar-refractivity contribution in [2.45, 2.75) is 20.3 Å². The molecular formula is C5H24ClCoN5O6+. The Labute approximate surface area is 119 Å². The zero-order valence-corrected chi connectivity index (χ0v) is 12.3. The summed E-state index contributed by atoms with van der Waals surface area (Å²) in [6.45, 7) is 3.69. The van der Waals surface area contributed by atoms with Crippen molar-refractivity contribution < 1.29 is 55.6 Å². The molecule has 0 bridgehead atoms. The van der Waals surface area contributed by atoms with Gasteiger partial charge in [-0.2, -0.15) is 0 Å². The fraction of sp³-hybridized carbons (Fsp3) is 0.800. The first kappa shape index (κ1) is 52.2. The molecule has 0 saturated heterocycles. The van der Waals surface area contributed by atoms with Gasteiger partial charge in [0.25, 0.3) is 0 Å². The molecule has 0 spiro atoms. The number of carboxylic acids is 1. The van der Waals surface area contributed by atoms with Crippen LogP contribution in [-0.4, -0.2) is 5.97 Å². The fourth-order valence-electron chi connectivity index (χ4n) is 0.333. The zero-order chi connectivity index (χ0) is 10.4. The summed E-state index contributed by atoms with van der Waals surface area (Å²) in [7, 11) is -4.94. The average molecular weight is 345 g/mol. The van der Waals surface area contributed by atoms with Crippen LogP contribution in [0.4, 0.5) is 0 Å². The molecule has 0 unspecified atom stereocenters. The van der Waals surface area contributed by atoms with Crippen LogP contribution in [0.15, 0.2) is 0 Å². The predicted molar refractivity (Wildman–Crippen MR) is 49.6 cm³/mol. The summed E-state index contributed by atoms with van der Waals surface area (Å²) in [5.41, 5.74) is 0. The van der Waals surface area contributed by atoms with Gasteiger partial charge in [0.05, 0.1) is 0 Å². The summed E-state index contributed by atoms with van der Waals surface area (Å²) in [4.78, 5) is 9.70. The van der Waals surface area contributed by atoms with Crippen LogP contribution in [0.2, 0.25) is 0 Å². The Morgan fingerprint density at radius 3 is 1.11 bits per heavy atom. The molecule has 13 heteroatoms. The van der Waals surface area contributed by atoms with Crippen molar-refractivity contribution in [2.24, 2.45) is 5.92 Å². The maximum atomic E-state index is 9.70. The Balaban J connectivity index is -0.0000000142. The first-order chi connectivity index (χ1) is 5.13. The molecule has 15 N–H and O–H groups in total. The van der Waals surface area contributed by atoms with Crippen molar-refractivity contribution in [2.75, 3.05) is 0 Å². The van der Waals surface area contributed by atoms with Gasteiger partial charge in [-0.1, -0.05) is 13.8 Å². The van der Waals surface area contributed by atoms with Gasteiger partial charge in [-0.25, -0.2) is 18.6 Å². The Morgan fingerprint density at radius 1 is 0.944 bits per heavy atom. The van der Waals surface area contributed by atoms with Gasteiger partial charge in [0.1, 0.15) is 0 Å². The summed E-state index contributed by atoms with van der Waals surface area (Å²) in [5, 5.41) is 9.70. The van der Waals surface area contributed by atoms with Gasteiger partial charge in [-0.15, -0.1) is 10.2 Å². The topological polar surface area (TPSA) is 307 Å². The summed E-state index contributed by atoms with van der Waals surface area (Å²) >= 11 is 0. The van der Waals surface area contributed by atoms with Crippen molar-refractivity contribution in [1.82, 2.24) is 30.8 Å². The van der Waals surface area contributed by atoms with Gasteiger partial charge in [0.15, 0.2) is 0 Å². The molecule has 0 aliphatic rings. The quantitative estimate of drug-likeness (QED) is 0.319. The van der Waals surface area contributed by atoms with E-state index in [9.17, 15) is 9.90 Å². The van der Waals surface area contributed by atoms with Gasteiger partial charge in [0, 0.05) is 5.97 Å². The van der Waals surface area contributed by atoms with Crippen LogP contribution in [0.1, 0.15) is 20.3 Å². The third-order valence-electron chi connectivity index (χ3n) is 0.575. The number of hydrogen-bond acceptors (Lipinski definition) is 11. The van der Waals surface area contributed by atoms with Crippen LogP contribution >= 0.6 is 0 Å². The van der Waals surface area contributed by atoms with Crippen LogP contribution < -0.4 is 54.5 Å². The summed E-state index contributed by atoms with van der Waals surface area (Å²) in [6, 6.07) is 0. The maximum absolute atomic E-state index is 9.70. The molecule has 120 valence electrons. The first-order valence-corrected chi connectivity index (χ1v) is 4.18. The Kier molecular flexibility index (Phi) is 74.4. The fourth-order valence-corrected chi connectivity index (χ4v) is 0.333. The number of hydrogen-bond donors (Lipinski definition) is 5. The minimum Gasteiger partial charge on any atom is -0.550 e. The Morgan fingerprint density at radius 2 is 1.11 bits per heavy atom. The Hall–Kier alpha value is -0.0935. The molecule has 0 rings (SSSR count). The normalized spacial score (nSPS) is 7.06. The molecule has 11 nitrogen and oxygen atoms in total. The van der Waals surface area contributed by atoms with Crippen LogP contribution in [0.5, 0.6) is 0 Å². The molecule has 18 heavy (non-hydrogen) atoms. The minimum absolute atomic E-state index is 0. The number of carbonyl (C=O) groups is 1. The van der Waals surface area contributed by atoms with Crippen LogP contribution in [0, 0.1) is 16.2 Å². The standard InChI is InChI=1S/C5H10O2.ClHO4.Co.5H3N/c1-4(2)3-5(6)7;2-1(3,4)5;;;;;;/h4H,3H2,1-2H3,(H,6,7);(H,2,3,4,5);;5*1H3/q;;+3;;;;;/p-2. The monoisotopic (exact) mass is 344 g/mol. The number of aliphatic carboxylic acids is 1. The summed E-state index contributed by atoms with van der Waals surface area (Å²) < 4.78 is 34.0. The van der Waals surface area contributed by atoms with E-state index >= 15 is 0 Å². The van der Waals surface area contributed by atoms with Crippen molar-refractivity contribution in [3.8, 4) is 0 Å². The van der Waals surface area contributed by atoms with E-state index < -0.39 is 16.2 Å². The van der Waals surface area contributed by atoms with E-state index in [2.05, 4.69) is 0 Å². The van der Waals surface area contributed by atoms with Crippen molar-refractivity contribution in [1.29, 1.82) is 0 Å². The molecule has 0 aromatic carbocycles. The first-order valence-electron chi connectivity index (χ1n) is 2.94. The van der Waals surface area contributed by atoms with Crippen LogP contribution in [-0.2, 0) is 21.6 Å². The van der Waals surface area contributed by atoms with E-state index in [0.29, 0.717) is 0 Å². The van der Waals surface area contributed by atoms with E-state index in [1.165, 1.54) is 0 Å². The number of carboxylic acid groups (broad SMARTS) is 1. The third kappa shape index (κ3) is 232. The molecule has 0 aliphatic heterocycles. The second-order valence-electron chi connectivity index (χ2n) is 2.35. The molecular weight excluding hydrogens is 320 g/mol. The Bertz CT molecular complexity index is 143. The molecule has 0 radical (unpaired) electrons. The predicted octanol–water partition coefficient (Wildman–Crippen LogP) is -4.17. The van der Waals surface area contributed by atoms with Gasteiger partial charge in [0.2, 0.25) is 0 Å². The molecule has 0 saturated carbocycles. The molecule has 0 amide bonds. The molecule has 0 fully saturated rings. The molecule has 0 aromatic rings. The molecule has 0 atom stereocenters. The smallest absolute Gasteiger partial charge is 0.550 e. The van der Waals surface area contributed by atoms with E-state index in [1.807, 2.05) is 13.8 Å². The summed E-state index contributed by atoms with van der Waals surface area (Å²) in [6.07, 6.45) is 0.167. The van der Waals surface area contributed by atoms with Gasteiger partial charge in [-0.05, 0) is 12.3 Å². The number of carbonyl (C=O) groups excluding carboxylic acids is 1. The third-order valence-corrected chi connectivity index (χ3v) is 0.575. The number of halogens is 1. The summed E-state index contributed by atoms with van der Waals surface area (Å²) in [5.74, 6) is -0.750. The second kappa shape index (κ2) is 25.7. The maximum Gasteiger partial charge on any atom is 3.00 e. The van der Waals surface area contributed by atoms with E-state index in [-0.39, 0.29) is 59.9 Å². The SMILES string of the molecule is CC(C)CC(=O)[O-].N.N.N.N.N.[Co+3].[O-][Cl+3]([O-])([O-])[O-].